The highest BCUT2D eigenvalue weighted by Gasteiger charge is 2.57. The number of aliphatic hydroxyl groups is 2. The molecular formula is C20H28O4. The average Bonchev–Trinajstić information content (AvgIpc) is 2.79. The summed E-state index contributed by atoms with van der Waals surface area (Å²) in [6.45, 7) is 8.60. The van der Waals surface area contributed by atoms with Crippen molar-refractivity contribution >= 4 is 5.97 Å². The van der Waals surface area contributed by atoms with Crippen molar-refractivity contribution in [3.8, 4) is 0 Å². The minimum Gasteiger partial charge on any atom is -0.451 e. The fraction of sp³-hybridized carbons (Fsp3) is 0.750. The molecule has 1 heterocycles. The highest BCUT2D eigenvalue weighted by atomic mass is 16.6. The van der Waals surface area contributed by atoms with E-state index in [1.54, 1.807) is 6.92 Å². The van der Waals surface area contributed by atoms with Crippen molar-refractivity contribution < 1.29 is 19.7 Å². The third kappa shape index (κ3) is 1.90. The lowest BCUT2D eigenvalue weighted by Crippen LogP contribution is -2.53. The van der Waals surface area contributed by atoms with Gasteiger partial charge in [-0.3, -0.25) is 0 Å². The fourth-order valence-corrected chi connectivity index (χ4v) is 6.30. The summed E-state index contributed by atoms with van der Waals surface area (Å²) in [5.41, 5.74) is 3.08. The zero-order valence-corrected chi connectivity index (χ0v) is 15.1. The van der Waals surface area contributed by atoms with Crippen LogP contribution in [0.5, 0.6) is 0 Å². The van der Waals surface area contributed by atoms with Crippen LogP contribution in [0, 0.1) is 16.7 Å². The van der Waals surface area contributed by atoms with Crippen molar-refractivity contribution in [1.82, 2.24) is 0 Å². The number of ether oxygens (including phenoxy) is 1. The number of carbonyl (C=O) groups is 1. The van der Waals surface area contributed by atoms with E-state index >= 15 is 0 Å². The van der Waals surface area contributed by atoms with Gasteiger partial charge in [-0.2, -0.15) is 0 Å². The lowest BCUT2D eigenvalue weighted by atomic mass is 9.48. The molecule has 1 saturated carbocycles. The quantitative estimate of drug-likeness (QED) is 0.529. The number of hydrogen-bond donors (Lipinski definition) is 2. The van der Waals surface area contributed by atoms with Gasteiger partial charge >= 0.3 is 5.97 Å². The van der Waals surface area contributed by atoms with E-state index in [1.165, 1.54) is 6.42 Å². The van der Waals surface area contributed by atoms with Crippen molar-refractivity contribution in [3.63, 3.8) is 0 Å². The average molecular weight is 332 g/mol. The Hall–Kier alpha value is -1.13. The van der Waals surface area contributed by atoms with Gasteiger partial charge in [0, 0.05) is 11.1 Å². The summed E-state index contributed by atoms with van der Waals surface area (Å²) >= 11 is 0. The molecule has 0 aromatic carbocycles. The molecule has 0 bridgehead atoms. The van der Waals surface area contributed by atoms with Crippen LogP contribution in [-0.4, -0.2) is 34.5 Å². The zero-order valence-electron chi connectivity index (χ0n) is 15.1. The highest BCUT2D eigenvalue weighted by molar-refractivity contribution is 5.92. The van der Waals surface area contributed by atoms with E-state index in [0.717, 1.165) is 36.8 Å². The summed E-state index contributed by atoms with van der Waals surface area (Å²) in [7, 11) is 0. The third-order valence-corrected chi connectivity index (χ3v) is 7.38. The van der Waals surface area contributed by atoms with Gasteiger partial charge in [-0.15, -0.1) is 0 Å². The molecule has 3 aliphatic carbocycles. The van der Waals surface area contributed by atoms with Crippen LogP contribution in [0.1, 0.15) is 59.8 Å². The second-order valence-corrected chi connectivity index (χ2v) is 9.04. The number of fused-ring (bicyclic) bond motifs is 3. The van der Waals surface area contributed by atoms with E-state index in [0.29, 0.717) is 17.1 Å². The molecule has 4 nitrogen and oxygen atoms in total. The molecule has 4 heteroatoms. The molecule has 1 fully saturated rings. The van der Waals surface area contributed by atoms with Gasteiger partial charge in [0.25, 0.3) is 0 Å². The normalized spacial score (nSPS) is 44.0. The van der Waals surface area contributed by atoms with Crippen LogP contribution in [0.25, 0.3) is 0 Å². The van der Waals surface area contributed by atoms with Crippen LogP contribution < -0.4 is 0 Å². The number of carbonyl (C=O) groups excluding carboxylic acids is 1. The predicted molar refractivity (Wildman–Crippen MR) is 90.1 cm³/mol. The van der Waals surface area contributed by atoms with E-state index < -0.39 is 24.3 Å². The summed E-state index contributed by atoms with van der Waals surface area (Å²) in [6.07, 6.45) is 2.91. The van der Waals surface area contributed by atoms with Gasteiger partial charge in [0.15, 0.2) is 6.10 Å². The Kier molecular flexibility index (Phi) is 3.37. The lowest BCUT2D eigenvalue weighted by Gasteiger charge is -2.57. The van der Waals surface area contributed by atoms with Crippen LogP contribution in [0.15, 0.2) is 22.3 Å². The Morgan fingerprint density at radius 1 is 1.17 bits per heavy atom. The van der Waals surface area contributed by atoms with Crippen LogP contribution in [0.4, 0.5) is 0 Å². The van der Waals surface area contributed by atoms with Gasteiger partial charge in [-0.25, -0.2) is 4.79 Å². The van der Waals surface area contributed by atoms with E-state index in [2.05, 4.69) is 20.8 Å². The second-order valence-electron chi connectivity index (χ2n) is 9.04. The first-order valence-electron chi connectivity index (χ1n) is 9.19. The molecule has 0 amide bonds. The maximum Gasteiger partial charge on any atom is 0.334 e. The molecule has 1 aliphatic heterocycles. The van der Waals surface area contributed by atoms with Crippen LogP contribution in [0.2, 0.25) is 0 Å². The number of rotatable bonds is 0. The van der Waals surface area contributed by atoms with Crippen molar-refractivity contribution in [2.45, 2.75) is 78.1 Å². The topological polar surface area (TPSA) is 66.8 Å². The Morgan fingerprint density at radius 3 is 2.58 bits per heavy atom. The molecule has 5 unspecified atom stereocenters. The van der Waals surface area contributed by atoms with Gasteiger partial charge in [-0.1, -0.05) is 27.2 Å². The van der Waals surface area contributed by atoms with Gasteiger partial charge < -0.3 is 14.9 Å². The van der Waals surface area contributed by atoms with Crippen molar-refractivity contribution in [2.24, 2.45) is 16.7 Å². The standard InChI is InChI=1S/C20H28O4/c1-10-13-15(21)11-6-7-12-19(2,3)8-5-9-20(12,4)14(11)16(22)17(13)24-18(10)23/h12,15-17,21-22H,5-9H2,1-4H3. The van der Waals surface area contributed by atoms with E-state index in [1.807, 2.05) is 0 Å². The second kappa shape index (κ2) is 4.95. The predicted octanol–water partition coefficient (Wildman–Crippen LogP) is 2.89. The lowest BCUT2D eigenvalue weighted by molar-refractivity contribution is -0.144. The molecule has 24 heavy (non-hydrogen) atoms. The molecule has 0 saturated heterocycles. The largest absolute Gasteiger partial charge is 0.451 e. The minimum absolute atomic E-state index is 0.121. The van der Waals surface area contributed by atoms with Gasteiger partial charge in [0.05, 0.1) is 0 Å². The van der Waals surface area contributed by atoms with Crippen molar-refractivity contribution in [3.05, 3.63) is 22.3 Å². The van der Waals surface area contributed by atoms with Gasteiger partial charge in [0.1, 0.15) is 12.2 Å². The summed E-state index contributed by atoms with van der Waals surface area (Å²) in [4.78, 5) is 12.0. The molecule has 4 aliphatic rings. The van der Waals surface area contributed by atoms with E-state index in [9.17, 15) is 15.0 Å². The summed E-state index contributed by atoms with van der Waals surface area (Å²) in [5.74, 6) is 0.0849. The maximum absolute atomic E-state index is 12.0. The smallest absolute Gasteiger partial charge is 0.334 e. The van der Waals surface area contributed by atoms with Crippen molar-refractivity contribution in [2.75, 3.05) is 0 Å². The van der Waals surface area contributed by atoms with Gasteiger partial charge in [0.2, 0.25) is 0 Å². The third-order valence-electron chi connectivity index (χ3n) is 7.38. The van der Waals surface area contributed by atoms with Crippen molar-refractivity contribution in [1.29, 1.82) is 0 Å². The number of esters is 1. The Bertz CT molecular complexity index is 671. The first kappa shape index (κ1) is 16.3. The number of hydrogen-bond acceptors (Lipinski definition) is 4. The zero-order chi connectivity index (χ0) is 17.4. The minimum atomic E-state index is -0.818. The molecule has 0 radical (unpaired) electrons. The van der Waals surface area contributed by atoms with Gasteiger partial charge in [-0.05, 0) is 60.5 Å². The maximum atomic E-state index is 12.0. The Labute approximate surface area is 143 Å². The molecule has 4 rings (SSSR count). The Morgan fingerprint density at radius 2 is 1.88 bits per heavy atom. The SMILES string of the molecule is CC1=C2C(O)C3=C(C(O)C2OC1=O)C1(C)CCCC(C)(C)C1CC3. The molecule has 0 aromatic rings. The first-order chi connectivity index (χ1) is 11.2. The molecule has 0 aromatic heterocycles. The summed E-state index contributed by atoms with van der Waals surface area (Å²) < 4.78 is 5.43. The van der Waals surface area contributed by atoms with Crippen LogP contribution >= 0.6 is 0 Å². The van der Waals surface area contributed by atoms with E-state index in [-0.39, 0.29) is 10.8 Å². The number of aliphatic hydroxyl groups excluding tert-OH is 2. The first-order valence-corrected chi connectivity index (χ1v) is 9.19. The molecule has 132 valence electrons. The van der Waals surface area contributed by atoms with Crippen LogP contribution in [-0.2, 0) is 9.53 Å². The van der Waals surface area contributed by atoms with E-state index in [4.69, 9.17) is 4.74 Å². The summed E-state index contributed by atoms with van der Waals surface area (Å²) in [6, 6.07) is 0. The molecule has 0 spiro atoms. The van der Waals surface area contributed by atoms with Crippen LogP contribution in [0.3, 0.4) is 0 Å². The fourth-order valence-electron chi connectivity index (χ4n) is 6.30. The Balaban J connectivity index is 1.86. The summed E-state index contributed by atoms with van der Waals surface area (Å²) in [5, 5.41) is 22.1. The molecular weight excluding hydrogens is 304 g/mol. The highest BCUT2D eigenvalue weighted by Crippen LogP contribution is 2.62. The molecule has 2 N–H and O–H groups in total. The molecule has 5 atom stereocenters. The monoisotopic (exact) mass is 332 g/mol.